The first-order valence-corrected chi connectivity index (χ1v) is 4.69. The van der Waals surface area contributed by atoms with Crippen LogP contribution in [0.4, 0.5) is 0 Å². The summed E-state index contributed by atoms with van der Waals surface area (Å²) in [7, 11) is 1.54. The minimum Gasteiger partial charge on any atom is -0.460 e. The molecule has 0 saturated carbocycles. The summed E-state index contributed by atoms with van der Waals surface area (Å²) in [5.74, 6) is -0.285. The summed E-state index contributed by atoms with van der Waals surface area (Å²) in [5, 5.41) is 0. The molecule has 0 aromatic heterocycles. The number of ether oxygens (including phenoxy) is 2. The van der Waals surface area contributed by atoms with Gasteiger partial charge in [0.15, 0.2) is 0 Å². The Labute approximate surface area is 85.8 Å². The molecular formula is C10H21NO3. The van der Waals surface area contributed by atoms with Gasteiger partial charge in [-0.1, -0.05) is 0 Å². The van der Waals surface area contributed by atoms with E-state index in [0.717, 1.165) is 0 Å². The number of carbonyl (C=O) groups is 1. The minimum absolute atomic E-state index is 0.178. The van der Waals surface area contributed by atoms with E-state index in [1.807, 2.05) is 20.8 Å². The fourth-order valence-electron chi connectivity index (χ4n) is 0.911. The smallest absolute Gasteiger partial charge is 0.309 e. The third-order valence-electron chi connectivity index (χ3n) is 1.86. The maximum absolute atomic E-state index is 11.4. The number of hydrogen-bond donors (Lipinski definition) is 1. The Bertz CT molecular complexity index is 192. The molecule has 0 aliphatic rings. The lowest BCUT2D eigenvalue weighted by molar-refractivity contribution is -0.160. The number of nitrogens with two attached hydrogens (primary N) is 1. The van der Waals surface area contributed by atoms with Crippen molar-refractivity contribution in [3.63, 3.8) is 0 Å². The van der Waals surface area contributed by atoms with E-state index in [-0.39, 0.29) is 12.4 Å². The van der Waals surface area contributed by atoms with Crippen LogP contribution in [-0.2, 0) is 14.3 Å². The molecule has 0 aliphatic heterocycles. The first-order chi connectivity index (χ1) is 6.22. The van der Waals surface area contributed by atoms with Crippen molar-refractivity contribution in [2.45, 2.75) is 45.3 Å². The molecule has 0 aliphatic carbocycles. The van der Waals surface area contributed by atoms with E-state index in [2.05, 4.69) is 0 Å². The highest BCUT2D eigenvalue weighted by molar-refractivity contribution is 5.71. The van der Waals surface area contributed by atoms with Crippen molar-refractivity contribution in [3.05, 3.63) is 0 Å². The van der Waals surface area contributed by atoms with Crippen LogP contribution < -0.4 is 5.73 Å². The average molecular weight is 203 g/mol. The normalized spacial score (nSPS) is 16.1. The van der Waals surface area contributed by atoms with Crippen molar-refractivity contribution in [2.75, 3.05) is 13.7 Å². The molecule has 0 heterocycles. The van der Waals surface area contributed by atoms with Gasteiger partial charge < -0.3 is 15.2 Å². The van der Waals surface area contributed by atoms with E-state index in [9.17, 15) is 4.79 Å². The van der Waals surface area contributed by atoms with Crippen molar-refractivity contribution in [3.8, 4) is 0 Å². The SMILES string of the molecule is COC(C)(CN)CC(=O)OC(C)(C)C. The maximum Gasteiger partial charge on any atom is 0.309 e. The largest absolute Gasteiger partial charge is 0.460 e. The van der Waals surface area contributed by atoms with Gasteiger partial charge in [-0.05, 0) is 27.7 Å². The topological polar surface area (TPSA) is 61.5 Å². The predicted molar refractivity (Wildman–Crippen MR) is 54.9 cm³/mol. The molecule has 0 aromatic carbocycles. The van der Waals surface area contributed by atoms with Gasteiger partial charge in [0.05, 0.1) is 12.0 Å². The summed E-state index contributed by atoms with van der Waals surface area (Å²) in [6.07, 6.45) is 0.178. The standard InChI is InChI=1S/C10H21NO3/c1-9(2,3)14-8(12)6-10(4,7-11)13-5/h6-7,11H2,1-5H3. The Balaban J connectivity index is 4.18. The minimum atomic E-state index is -0.623. The maximum atomic E-state index is 11.4. The van der Waals surface area contributed by atoms with Crippen molar-refractivity contribution in [2.24, 2.45) is 5.73 Å². The van der Waals surface area contributed by atoms with E-state index < -0.39 is 11.2 Å². The van der Waals surface area contributed by atoms with E-state index in [1.54, 1.807) is 6.92 Å². The van der Waals surface area contributed by atoms with E-state index in [0.29, 0.717) is 6.54 Å². The summed E-state index contributed by atoms with van der Waals surface area (Å²) in [4.78, 5) is 11.4. The van der Waals surface area contributed by atoms with Crippen molar-refractivity contribution >= 4 is 5.97 Å². The first kappa shape index (κ1) is 13.4. The molecule has 4 heteroatoms. The molecule has 0 radical (unpaired) electrons. The van der Waals surface area contributed by atoms with Gasteiger partial charge >= 0.3 is 5.97 Å². The van der Waals surface area contributed by atoms with Crippen LogP contribution in [0.3, 0.4) is 0 Å². The quantitative estimate of drug-likeness (QED) is 0.694. The Kier molecular flexibility index (Phi) is 4.55. The molecule has 0 spiro atoms. The molecule has 0 amide bonds. The highest BCUT2D eigenvalue weighted by Gasteiger charge is 2.28. The zero-order valence-corrected chi connectivity index (χ0v) is 9.72. The molecule has 1 unspecified atom stereocenters. The molecule has 0 saturated heterocycles. The van der Waals surface area contributed by atoms with Crippen LogP contribution in [0.25, 0.3) is 0 Å². The summed E-state index contributed by atoms with van der Waals surface area (Å²) in [6, 6.07) is 0. The number of esters is 1. The second-order valence-corrected chi connectivity index (χ2v) is 4.62. The van der Waals surface area contributed by atoms with Gasteiger partial charge in [-0.15, -0.1) is 0 Å². The van der Waals surface area contributed by atoms with Gasteiger partial charge in [0.1, 0.15) is 5.60 Å². The zero-order valence-electron chi connectivity index (χ0n) is 9.72. The third kappa shape index (κ3) is 5.19. The molecule has 0 aromatic rings. The Morgan fingerprint density at radius 1 is 1.29 bits per heavy atom. The van der Waals surface area contributed by atoms with E-state index in [1.165, 1.54) is 7.11 Å². The fourth-order valence-corrected chi connectivity index (χ4v) is 0.911. The molecule has 14 heavy (non-hydrogen) atoms. The van der Waals surface area contributed by atoms with Crippen LogP contribution in [0.15, 0.2) is 0 Å². The van der Waals surface area contributed by atoms with Crippen LogP contribution in [0, 0.1) is 0 Å². The number of hydrogen-bond acceptors (Lipinski definition) is 4. The van der Waals surface area contributed by atoms with Crippen LogP contribution in [0.2, 0.25) is 0 Å². The average Bonchev–Trinajstić information content (AvgIpc) is 2.00. The van der Waals surface area contributed by atoms with Crippen LogP contribution in [0.5, 0.6) is 0 Å². The highest BCUT2D eigenvalue weighted by atomic mass is 16.6. The summed E-state index contributed by atoms with van der Waals surface area (Å²) >= 11 is 0. The first-order valence-electron chi connectivity index (χ1n) is 4.69. The third-order valence-corrected chi connectivity index (χ3v) is 1.86. The van der Waals surface area contributed by atoms with Gasteiger partial charge in [-0.25, -0.2) is 0 Å². The van der Waals surface area contributed by atoms with Crippen molar-refractivity contribution in [1.82, 2.24) is 0 Å². The predicted octanol–water partition coefficient (Wildman–Crippen LogP) is 1.08. The lowest BCUT2D eigenvalue weighted by Gasteiger charge is -2.27. The van der Waals surface area contributed by atoms with Crippen molar-refractivity contribution < 1.29 is 14.3 Å². The van der Waals surface area contributed by atoms with Crippen LogP contribution in [0.1, 0.15) is 34.1 Å². The molecule has 0 fully saturated rings. The summed E-state index contributed by atoms with van der Waals surface area (Å²) in [6.45, 7) is 7.58. The second kappa shape index (κ2) is 4.75. The fraction of sp³-hybridized carbons (Fsp3) is 0.900. The summed E-state index contributed by atoms with van der Waals surface area (Å²) < 4.78 is 10.3. The lowest BCUT2D eigenvalue weighted by atomic mass is 10.0. The van der Waals surface area contributed by atoms with Gasteiger partial charge in [-0.3, -0.25) is 4.79 Å². The summed E-state index contributed by atoms with van der Waals surface area (Å²) in [5.41, 5.74) is 4.42. The monoisotopic (exact) mass is 203 g/mol. The van der Waals surface area contributed by atoms with E-state index in [4.69, 9.17) is 15.2 Å². The number of methoxy groups -OCH3 is 1. The molecule has 2 N–H and O–H groups in total. The van der Waals surface area contributed by atoms with Gasteiger partial charge in [0, 0.05) is 13.7 Å². The molecule has 0 rings (SSSR count). The van der Waals surface area contributed by atoms with Gasteiger partial charge in [0.2, 0.25) is 0 Å². The van der Waals surface area contributed by atoms with Crippen LogP contribution in [-0.4, -0.2) is 30.8 Å². The molecule has 4 nitrogen and oxygen atoms in total. The van der Waals surface area contributed by atoms with Crippen LogP contribution >= 0.6 is 0 Å². The van der Waals surface area contributed by atoms with Gasteiger partial charge in [-0.2, -0.15) is 0 Å². The Morgan fingerprint density at radius 3 is 2.07 bits per heavy atom. The molecule has 0 bridgehead atoms. The molecular weight excluding hydrogens is 182 g/mol. The highest BCUT2D eigenvalue weighted by Crippen LogP contribution is 2.16. The second-order valence-electron chi connectivity index (χ2n) is 4.62. The Hall–Kier alpha value is -0.610. The number of rotatable bonds is 4. The number of carbonyl (C=O) groups excluding carboxylic acids is 1. The van der Waals surface area contributed by atoms with Crippen molar-refractivity contribution in [1.29, 1.82) is 0 Å². The Morgan fingerprint density at radius 2 is 1.79 bits per heavy atom. The zero-order chi connectivity index (χ0) is 11.4. The molecule has 84 valence electrons. The molecule has 1 atom stereocenters. The van der Waals surface area contributed by atoms with Gasteiger partial charge in [0.25, 0.3) is 0 Å². The van der Waals surface area contributed by atoms with E-state index >= 15 is 0 Å². The lowest BCUT2D eigenvalue weighted by Crippen LogP contribution is -2.40.